The molecule has 2 atom stereocenters. The summed E-state index contributed by atoms with van der Waals surface area (Å²) in [5.74, 6) is 0.998. The lowest BCUT2D eigenvalue weighted by Crippen LogP contribution is -2.41. The number of hydrogen-bond donors (Lipinski definition) is 3. The van der Waals surface area contributed by atoms with Crippen molar-refractivity contribution >= 4 is 11.7 Å². The number of hydrogen-bond acceptors (Lipinski definition) is 3. The Morgan fingerprint density at radius 1 is 1.41 bits per heavy atom. The molecule has 0 unspecified atom stereocenters. The Hall–Kier alpha value is -1.75. The van der Waals surface area contributed by atoms with Gasteiger partial charge in [-0.3, -0.25) is 0 Å². The van der Waals surface area contributed by atoms with Crippen LogP contribution in [-0.4, -0.2) is 30.4 Å². The Bertz CT molecular complexity index is 505. The molecule has 0 heterocycles. The molecule has 2 amide bonds. The van der Waals surface area contributed by atoms with Gasteiger partial charge in [-0.2, -0.15) is 0 Å². The van der Waals surface area contributed by atoms with Crippen LogP contribution in [0.4, 0.5) is 10.5 Å². The van der Waals surface area contributed by atoms with Gasteiger partial charge < -0.3 is 20.5 Å². The highest BCUT2D eigenvalue weighted by atomic mass is 16.5. The van der Waals surface area contributed by atoms with Gasteiger partial charge >= 0.3 is 6.03 Å². The second kappa shape index (κ2) is 8.03. The zero-order valence-electron chi connectivity index (χ0n) is 13.4. The van der Waals surface area contributed by atoms with E-state index in [0.29, 0.717) is 6.61 Å². The zero-order chi connectivity index (χ0) is 15.9. The zero-order valence-corrected chi connectivity index (χ0v) is 13.4. The second-order valence-corrected chi connectivity index (χ2v) is 5.90. The van der Waals surface area contributed by atoms with E-state index in [4.69, 9.17) is 4.74 Å². The minimum atomic E-state index is -0.212. The molecule has 2 rings (SSSR count). The smallest absolute Gasteiger partial charge is 0.319 e. The molecule has 5 nitrogen and oxygen atoms in total. The minimum absolute atomic E-state index is 0.0671. The SMILES string of the molecule is CCCOc1ccc(NC(=O)N[C@@H]2CCC[C@@H]2CO)c(C)c1. The first-order chi connectivity index (χ1) is 10.6. The molecule has 0 aromatic heterocycles. The molecule has 1 saturated carbocycles. The summed E-state index contributed by atoms with van der Waals surface area (Å²) in [6, 6.07) is 5.51. The first-order valence-electron chi connectivity index (χ1n) is 8.06. The van der Waals surface area contributed by atoms with Crippen molar-refractivity contribution in [2.75, 3.05) is 18.5 Å². The average Bonchev–Trinajstić information content (AvgIpc) is 2.94. The molecule has 22 heavy (non-hydrogen) atoms. The van der Waals surface area contributed by atoms with Crippen LogP contribution in [0.2, 0.25) is 0 Å². The van der Waals surface area contributed by atoms with Crippen molar-refractivity contribution in [1.82, 2.24) is 5.32 Å². The molecule has 1 fully saturated rings. The van der Waals surface area contributed by atoms with Gasteiger partial charge in [0.2, 0.25) is 0 Å². The highest BCUT2D eigenvalue weighted by Gasteiger charge is 2.27. The maximum Gasteiger partial charge on any atom is 0.319 e. The van der Waals surface area contributed by atoms with Gasteiger partial charge in [0.15, 0.2) is 0 Å². The number of amides is 2. The lowest BCUT2D eigenvalue weighted by Gasteiger charge is -2.20. The third-order valence-corrected chi connectivity index (χ3v) is 4.13. The molecule has 1 aliphatic rings. The minimum Gasteiger partial charge on any atom is -0.494 e. The van der Waals surface area contributed by atoms with Gasteiger partial charge in [-0.15, -0.1) is 0 Å². The molecule has 0 radical (unpaired) electrons. The van der Waals surface area contributed by atoms with E-state index in [0.717, 1.165) is 42.7 Å². The quantitative estimate of drug-likeness (QED) is 0.756. The molecular formula is C17H26N2O3. The third-order valence-electron chi connectivity index (χ3n) is 4.13. The van der Waals surface area contributed by atoms with E-state index in [1.54, 1.807) is 0 Å². The van der Waals surface area contributed by atoms with Crippen molar-refractivity contribution < 1.29 is 14.6 Å². The number of benzene rings is 1. The number of carbonyl (C=O) groups excluding carboxylic acids is 1. The van der Waals surface area contributed by atoms with Gasteiger partial charge in [-0.05, 0) is 49.9 Å². The number of nitrogens with one attached hydrogen (secondary N) is 2. The maximum atomic E-state index is 12.1. The van der Waals surface area contributed by atoms with Crippen molar-refractivity contribution in [3.05, 3.63) is 23.8 Å². The van der Waals surface area contributed by atoms with Crippen molar-refractivity contribution in [2.24, 2.45) is 5.92 Å². The maximum absolute atomic E-state index is 12.1. The Balaban J connectivity index is 1.91. The summed E-state index contributed by atoms with van der Waals surface area (Å²) in [6.45, 7) is 4.83. The molecule has 0 saturated heterocycles. The van der Waals surface area contributed by atoms with Gasteiger partial charge in [0.1, 0.15) is 5.75 Å². The molecular weight excluding hydrogens is 280 g/mol. The number of carbonyl (C=O) groups is 1. The topological polar surface area (TPSA) is 70.6 Å². The standard InChI is InChI=1S/C17H26N2O3/c1-3-9-22-14-7-8-15(12(2)10-14)18-17(21)19-16-6-4-5-13(16)11-20/h7-8,10,13,16,20H,3-6,9,11H2,1-2H3,(H2,18,19,21)/t13-,16-/m1/s1. The Kier molecular flexibility index (Phi) is 6.07. The fourth-order valence-electron chi connectivity index (χ4n) is 2.86. The highest BCUT2D eigenvalue weighted by Crippen LogP contribution is 2.25. The van der Waals surface area contributed by atoms with E-state index in [9.17, 15) is 9.90 Å². The molecule has 0 bridgehead atoms. The predicted octanol–water partition coefficient (Wildman–Crippen LogP) is 3.07. The normalized spacial score (nSPS) is 20.7. The number of rotatable bonds is 6. The number of aliphatic hydroxyl groups is 1. The van der Waals surface area contributed by atoms with E-state index >= 15 is 0 Å². The van der Waals surface area contributed by atoms with E-state index < -0.39 is 0 Å². The van der Waals surface area contributed by atoms with Gasteiger partial charge in [0.25, 0.3) is 0 Å². The number of ether oxygens (including phenoxy) is 1. The van der Waals surface area contributed by atoms with Crippen LogP contribution in [0.15, 0.2) is 18.2 Å². The predicted molar refractivity (Wildman–Crippen MR) is 87.3 cm³/mol. The van der Waals surface area contributed by atoms with Crippen LogP contribution in [0, 0.1) is 12.8 Å². The summed E-state index contributed by atoms with van der Waals surface area (Å²) >= 11 is 0. The summed E-state index contributed by atoms with van der Waals surface area (Å²) in [5, 5.41) is 15.1. The lowest BCUT2D eigenvalue weighted by molar-refractivity contribution is 0.203. The molecule has 1 aromatic rings. The molecule has 0 aliphatic heterocycles. The Morgan fingerprint density at radius 2 is 2.23 bits per heavy atom. The first-order valence-corrected chi connectivity index (χ1v) is 8.06. The van der Waals surface area contributed by atoms with Crippen LogP contribution < -0.4 is 15.4 Å². The first kappa shape index (κ1) is 16.6. The van der Waals surface area contributed by atoms with Crippen LogP contribution in [0.3, 0.4) is 0 Å². The van der Waals surface area contributed by atoms with Crippen molar-refractivity contribution in [3.8, 4) is 5.75 Å². The highest BCUT2D eigenvalue weighted by molar-refractivity contribution is 5.90. The molecule has 5 heteroatoms. The molecule has 122 valence electrons. The van der Waals surface area contributed by atoms with Gasteiger partial charge in [0, 0.05) is 24.3 Å². The van der Waals surface area contributed by atoms with Crippen molar-refractivity contribution in [1.29, 1.82) is 0 Å². The van der Waals surface area contributed by atoms with Crippen molar-refractivity contribution in [3.63, 3.8) is 0 Å². The number of anilines is 1. The third kappa shape index (κ3) is 4.37. The molecule has 1 aromatic carbocycles. The van der Waals surface area contributed by atoms with E-state index in [1.807, 2.05) is 25.1 Å². The molecule has 0 spiro atoms. The fraction of sp³-hybridized carbons (Fsp3) is 0.588. The molecule has 3 N–H and O–H groups in total. The summed E-state index contributed by atoms with van der Waals surface area (Å²) in [5.41, 5.74) is 1.74. The van der Waals surface area contributed by atoms with Crippen molar-refractivity contribution in [2.45, 2.75) is 45.6 Å². The number of aryl methyl sites for hydroxylation is 1. The van der Waals surface area contributed by atoms with Crippen LogP contribution in [0.5, 0.6) is 5.75 Å². The monoisotopic (exact) mass is 306 g/mol. The summed E-state index contributed by atoms with van der Waals surface area (Å²) in [6.07, 6.45) is 3.93. The largest absolute Gasteiger partial charge is 0.494 e. The average molecular weight is 306 g/mol. The van der Waals surface area contributed by atoms with Crippen LogP contribution in [0.25, 0.3) is 0 Å². The second-order valence-electron chi connectivity index (χ2n) is 5.90. The van der Waals surface area contributed by atoms with E-state index in [1.165, 1.54) is 0 Å². The van der Waals surface area contributed by atoms with E-state index in [-0.39, 0.29) is 24.6 Å². The van der Waals surface area contributed by atoms with Crippen LogP contribution in [0.1, 0.15) is 38.2 Å². The Morgan fingerprint density at radius 3 is 2.91 bits per heavy atom. The van der Waals surface area contributed by atoms with E-state index in [2.05, 4.69) is 17.6 Å². The summed E-state index contributed by atoms with van der Waals surface area (Å²) in [4.78, 5) is 12.1. The number of aliphatic hydroxyl groups excluding tert-OH is 1. The lowest BCUT2D eigenvalue weighted by atomic mass is 10.1. The van der Waals surface area contributed by atoms with Crippen LogP contribution >= 0.6 is 0 Å². The van der Waals surface area contributed by atoms with Crippen LogP contribution in [-0.2, 0) is 0 Å². The van der Waals surface area contributed by atoms with Gasteiger partial charge in [-0.1, -0.05) is 13.3 Å². The summed E-state index contributed by atoms with van der Waals surface area (Å²) < 4.78 is 5.58. The van der Waals surface area contributed by atoms with Gasteiger partial charge in [0.05, 0.1) is 6.61 Å². The summed E-state index contributed by atoms with van der Waals surface area (Å²) in [7, 11) is 0. The number of urea groups is 1. The van der Waals surface area contributed by atoms with Gasteiger partial charge in [-0.25, -0.2) is 4.79 Å². The fourth-order valence-corrected chi connectivity index (χ4v) is 2.86. The Labute approximate surface area is 132 Å². The molecule has 1 aliphatic carbocycles.